The molecule has 1 aromatic rings. The Kier molecular flexibility index (Phi) is 7.09. The first kappa shape index (κ1) is 15.5. The molecule has 112 valence electrons. The summed E-state index contributed by atoms with van der Waals surface area (Å²) in [6, 6.07) is 6.28. The molecule has 20 heavy (non-hydrogen) atoms. The molecule has 0 unspecified atom stereocenters. The molecule has 1 aromatic carbocycles. The van der Waals surface area contributed by atoms with E-state index in [1.54, 1.807) is 0 Å². The quantitative estimate of drug-likeness (QED) is 0.585. The Labute approximate surface area is 126 Å². The highest BCUT2D eigenvalue weighted by molar-refractivity contribution is 7.99. The zero-order valence-corrected chi connectivity index (χ0v) is 13.1. The van der Waals surface area contributed by atoms with Gasteiger partial charge in [-0.1, -0.05) is 6.92 Å². The standard InChI is InChI=1S/C16H25NO2S/c1-2-8-17-9-3-4-12-20-14-6-7-15-16(13-14)19-11-5-10-18-15/h6-7,13,17H,2-5,8-12H2,1H3. The van der Waals surface area contributed by atoms with Gasteiger partial charge in [0.1, 0.15) is 0 Å². The van der Waals surface area contributed by atoms with Crippen LogP contribution in [0.3, 0.4) is 0 Å². The van der Waals surface area contributed by atoms with Crippen LogP contribution in [0.1, 0.15) is 32.6 Å². The van der Waals surface area contributed by atoms with Gasteiger partial charge >= 0.3 is 0 Å². The lowest BCUT2D eigenvalue weighted by molar-refractivity contribution is 0.297. The second kappa shape index (κ2) is 9.14. The SMILES string of the molecule is CCCNCCCCSc1ccc2c(c1)OCCCO2. The van der Waals surface area contributed by atoms with Crippen LogP contribution < -0.4 is 14.8 Å². The van der Waals surface area contributed by atoms with E-state index in [2.05, 4.69) is 24.4 Å². The minimum Gasteiger partial charge on any atom is -0.490 e. The number of fused-ring (bicyclic) bond motifs is 1. The van der Waals surface area contributed by atoms with Crippen molar-refractivity contribution >= 4 is 11.8 Å². The Bertz CT molecular complexity index is 398. The molecule has 2 rings (SSSR count). The molecule has 1 heterocycles. The van der Waals surface area contributed by atoms with E-state index < -0.39 is 0 Å². The van der Waals surface area contributed by atoms with Crippen LogP contribution in [0, 0.1) is 0 Å². The first-order valence-corrected chi connectivity index (χ1v) is 8.62. The molecule has 0 saturated heterocycles. The lowest BCUT2D eigenvalue weighted by Gasteiger charge is -2.09. The molecule has 1 aliphatic heterocycles. The molecule has 1 N–H and O–H groups in total. The van der Waals surface area contributed by atoms with Gasteiger partial charge in [0.2, 0.25) is 0 Å². The van der Waals surface area contributed by atoms with Gasteiger partial charge in [-0.25, -0.2) is 0 Å². The maximum absolute atomic E-state index is 5.71. The second-order valence-corrected chi connectivity index (χ2v) is 6.13. The molecule has 0 saturated carbocycles. The fourth-order valence-corrected chi connectivity index (χ4v) is 3.02. The number of hydrogen-bond acceptors (Lipinski definition) is 4. The molecule has 0 spiro atoms. The van der Waals surface area contributed by atoms with Crippen molar-refractivity contribution in [2.75, 3.05) is 32.1 Å². The molecule has 0 atom stereocenters. The van der Waals surface area contributed by atoms with E-state index >= 15 is 0 Å². The summed E-state index contributed by atoms with van der Waals surface area (Å²) in [7, 11) is 0. The summed E-state index contributed by atoms with van der Waals surface area (Å²) in [6.45, 7) is 5.98. The zero-order chi connectivity index (χ0) is 14.0. The lowest BCUT2D eigenvalue weighted by Crippen LogP contribution is -2.15. The monoisotopic (exact) mass is 295 g/mol. The van der Waals surface area contributed by atoms with E-state index in [1.807, 2.05) is 17.8 Å². The smallest absolute Gasteiger partial charge is 0.162 e. The van der Waals surface area contributed by atoms with Gasteiger partial charge in [0.05, 0.1) is 13.2 Å². The highest BCUT2D eigenvalue weighted by Gasteiger charge is 2.10. The number of unbranched alkanes of at least 4 members (excludes halogenated alkanes) is 1. The first-order chi connectivity index (χ1) is 9.90. The summed E-state index contributed by atoms with van der Waals surface area (Å²) >= 11 is 1.90. The van der Waals surface area contributed by atoms with Gasteiger partial charge < -0.3 is 14.8 Å². The van der Waals surface area contributed by atoms with E-state index in [1.165, 1.54) is 24.2 Å². The Morgan fingerprint density at radius 3 is 2.80 bits per heavy atom. The number of benzene rings is 1. The summed E-state index contributed by atoms with van der Waals surface area (Å²) in [5.74, 6) is 2.95. The van der Waals surface area contributed by atoms with Gasteiger partial charge in [0, 0.05) is 11.3 Å². The fraction of sp³-hybridized carbons (Fsp3) is 0.625. The second-order valence-electron chi connectivity index (χ2n) is 4.96. The Morgan fingerprint density at radius 1 is 1.10 bits per heavy atom. The molecular weight excluding hydrogens is 270 g/mol. The van der Waals surface area contributed by atoms with Crippen LogP contribution in [0.4, 0.5) is 0 Å². The van der Waals surface area contributed by atoms with Crippen LogP contribution in [0.15, 0.2) is 23.1 Å². The third kappa shape index (κ3) is 5.25. The van der Waals surface area contributed by atoms with Crippen molar-refractivity contribution in [2.45, 2.75) is 37.5 Å². The number of nitrogens with one attached hydrogen (secondary N) is 1. The van der Waals surface area contributed by atoms with E-state index in [0.717, 1.165) is 50.0 Å². The average Bonchev–Trinajstić information content (AvgIpc) is 2.71. The van der Waals surface area contributed by atoms with Gasteiger partial charge in [-0.05, 0) is 56.3 Å². The third-order valence-electron chi connectivity index (χ3n) is 3.16. The number of thioether (sulfide) groups is 1. The molecule has 0 fully saturated rings. The van der Waals surface area contributed by atoms with Gasteiger partial charge in [0.15, 0.2) is 11.5 Å². The predicted octanol–water partition coefficient (Wildman–Crippen LogP) is 3.72. The van der Waals surface area contributed by atoms with Crippen LogP contribution in [-0.4, -0.2) is 32.1 Å². The van der Waals surface area contributed by atoms with Crippen molar-refractivity contribution < 1.29 is 9.47 Å². The predicted molar refractivity (Wildman–Crippen MR) is 85.2 cm³/mol. The minimum absolute atomic E-state index is 0.754. The van der Waals surface area contributed by atoms with Crippen LogP contribution in [-0.2, 0) is 0 Å². The molecule has 1 aliphatic rings. The van der Waals surface area contributed by atoms with E-state index in [0.29, 0.717) is 0 Å². The molecule has 4 heteroatoms. The highest BCUT2D eigenvalue weighted by Crippen LogP contribution is 2.34. The molecule has 3 nitrogen and oxygen atoms in total. The first-order valence-electron chi connectivity index (χ1n) is 7.63. The van der Waals surface area contributed by atoms with Crippen LogP contribution in [0.5, 0.6) is 11.5 Å². The van der Waals surface area contributed by atoms with Gasteiger partial charge in [-0.2, -0.15) is 0 Å². The van der Waals surface area contributed by atoms with E-state index in [4.69, 9.17) is 9.47 Å². The molecule has 0 radical (unpaired) electrons. The molecule has 0 amide bonds. The molecule has 0 bridgehead atoms. The van der Waals surface area contributed by atoms with Gasteiger partial charge in [-0.15, -0.1) is 11.8 Å². The normalized spacial score (nSPS) is 14.1. The third-order valence-corrected chi connectivity index (χ3v) is 4.24. The number of rotatable bonds is 8. The van der Waals surface area contributed by atoms with Crippen molar-refractivity contribution in [2.24, 2.45) is 0 Å². The van der Waals surface area contributed by atoms with Crippen LogP contribution >= 0.6 is 11.8 Å². The maximum atomic E-state index is 5.71. The van der Waals surface area contributed by atoms with Crippen molar-refractivity contribution in [3.63, 3.8) is 0 Å². The van der Waals surface area contributed by atoms with Crippen molar-refractivity contribution in [1.29, 1.82) is 0 Å². The van der Waals surface area contributed by atoms with Crippen molar-refractivity contribution in [3.05, 3.63) is 18.2 Å². The number of hydrogen-bond donors (Lipinski definition) is 1. The minimum atomic E-state index is 0.754. The highest BCUT2D eigenvalue weighted by atomic mass is 32.2. The number of ether oxygens (including phenoxy) is 2. The van der Waals surface area contributed by atoms with Crippen molar-refractivity contribution in [1.82, 2.24) is 5.32 Å². The topological polar surface area (TPSA) is 30.5 Å². The summed E-state index contributed by atoms with van der Waals surface area (Å²) in [5.41, 5.74) is 0. The summed E-state index contributed by atoms with van der Waals surface area (Å²) in [5, 5.41) is 3.44. The molecular formula is C16H25NO2S. The maximum Gasteiger partial charge on any atom is 0.162 e. The van der Waals surface area contributed by atoms with E-state index in [-0.39, 0.29) is 0 Å². The average molecular weight is 295 g/mol. The lowest BCUT2D eigenvalue weighted by atomic mass is 10.3. The van der Waals surface area contributed by atoms with E-state index in [9.17, 15) is 0 Å². The Balaban J connectivity index is 1.69. The van der Waals surface area contributed by atoms with Crippen LogP contribution in [0.25, 0.3) is 0 Å². The largest absolute Gasteiger partial charge is 0.490 e. The summed E-state index contributed by atoms with van der Waals surface area (Å²) in [6.07, 6.45) is 4.67. The van der Waals surface area contributed by atoms with Crippen molar-refractivity contribution in [3.8, 4) is 11.5 Å². The molecule has 0 aromatic heterocycles. The summed E-state index contributed by atoms with van der Waals surface area (Å²) in [4.78, 5) is 1.27. The van der Waals surface area contributed by atoms with Gasteiger partial charge in [-0.3, -0.25) is 0 Å². The fourth-order valence-electron chi connectivity index (χ4n) is 2.08. The Hall–Kier alpha value is -0.870. The zero-order valence-electron chi connectivity index (χ0n) is 12.3. The van der Waals surface area contributed by atoms with Crippen LogP contribution in [0.2, 0.25) is 0 Å². The summed E-state index contributed by atoms with van der Waals surface area (Å²) < 4.78 is 11.4. The molecule has 0 aliphatic carbocycles. The van der Waals surface area contributed by atoms with Gasteiger partial charge in [0.25, 0.3) is 0 Å². The Morgan fingerprint density at radius 2 is 1.95 bits per heavy atom.